The molecule has 3 aliphatic rings. The van der Waals surface area contributed by atoms with Crippen molar-refractivity contribution in [2.75, 3.05) is 37.1 Å². The Kier molecular flexibility index (Phi) is 5.00. The molecule has 1 aromatic heterocycles. The Labute approximate surface area is 288 Å². The summed E-state index contributed by atoms with van der Waals surface area (Å²) in [6.07, 6.45) is 0. The number of allylic oxidation sites excluding steroid dienone is 4. The fourth-order valence-corrected chi connectivity index (χ4v) is 7.94. The predicted octanol–water partition coefficient (Wildman–Crippen LogP) is 9.67. The number of nitrogens with zero attached hydrogens (tertiary/aromatic N) is 5. The summed E-state index contributed by atoms with van der Waals surface area (Å²) in [4.78, 5) is 7.24. The van der Waals surface area contributed by atoms with Crippen molar-refractivity contribution < 1.29 is 8.22 Å². The van der Waals surface area contributed by atoms with Crippen molar-refractivity contribution in [3.8, 4) is 5.69 Å². The molecule has 0 bridgehead atoms. The lowest BCUT2D eigenvalue weighted by molar-refractivity contribution is 0.459. The molecule has 0 N–H and O–H groups in total. The van der Waals surface area contributed by atoms with Crippen LogP contribution in [0.3, 0.4) is 0 Å². The van der Waals surface area contributed by atoms with E-state index < -0.39 is 19.4 Å². The largest absolute Gasteiger partial charge is 0.359 e. The van der Waals surface area contributed by atoms with Gasteiger partial charge in [-0.05, 0) is 98.7 Å². The molecule has 4 heterocycles. The van der Waals surface area contributed by atoms with Crippen LogP contribution in [0.1, 0.15) is 85.9 Å². The van der Waals surface area contributed by atoms with Crippen molar-refractivity contribution in [1.82, 2.24) is 14.4 Å². The third kappa shape index (κ3) is 4.08. The average Bonchev–Trinajstić information content (AvgIpc) is 3.71. The smallest absolute Gasteiger partial charge is 0.0943 e. The molecule has 8 rings (SSSR count). The SMILES string of the molecule is [2H]C([2H])([2H])N1CN(c2cc(C(C)(C)C)cc(C3(C)c4cc(N5CN(C([2H])([2H])[2H])C(C)=C5C)ccc4-n4c5ccccc5c5cccc3c54)c2)C(C)=C1C. The van der Waals surface area contributed by atoms with Gasteiger partial charge in [-0.15, -0.1) is 0 Å². The van der Waals surface area contributed by atoms with Crippen molar-refractivity contribution in [2.45, 2.75) is 66.2 Å². The molecule has 47 heavy (non-hydrogen) atoms. The van der Waals surface area contributed by atoms with Gasteiger partial charge in [0.15, 0.2) is 0 Å². The zero-order valence-electron chi connectivity index (χ0n) is 34.7. The first-order valence-electron chi connectivity index (χ1n) is 19.5. The van der Waals surface area contributed by atoms with Crippen LogP contribution in [0.2, 0.25) is 0 Å². The third-order valence-corrected chi connectivity index (χ3v) is 11.2. The number of anilines is 2. The molecule has 0 fully saturated rings. The van der Waals surface area contributed by atoms with Gasteiger partial charge in [-0.1, -0.05) is 63.2 Å². The summed E-state index contributed by atoms with van der Waals surface area (Å²) in [5, 5.41) is 2.38. The van der Waals surface area contributed by atoms with Crippen molar-refractivity contribution in [3.05, 3.63) is 124 Å². The molecule has 3 aliphatic heterocycles. The van der Waals surface area contributed by atoms with Crippen LogP contribution in [-0.2, 0) is 10.8 Å². The Bertz CT molecular complexity index is 2410. The van der Waals surface area contributed by atoms with Crippen molar-refractivity contribution in [2.24, 2.45) is 0 Å². The van der Waals surface area contributed by atoms with Gasteiger partial charge in [0.05, 0.1) is 30.1 Å². The third-order valence-electron chi connectivity index (χ3n) is 11.2. The van der Waals surface area contributed by atoms with E-state index in [1.54, 1.807) is 0 Å². The molecule has 5 nitrogen and oxygen atoms in total. The van der Waals surface area contributed by atoms with Gasteiger partial charge < -0.3 is 24.2 Å². The van der Waals surface area contributed by atoms with Gasteiger partial charge in [-0.3, -0.25) is 0 Å². The Hall–Kier alpha value is -4.64. The minimum Gasteiger partial charge on any atom is -0.359 e. The molecule has 0 amide bonds. The summed E-state index contributed by atoms with van der Waals surface area (Å²) in [7, 11) is 0. The molecule has 0 aliphatic carbocycles. The average molecular weight is 628 g/mol. The summed E-state index contributed by atoms with van der Waals surface area (Å²) >= 11 is 0. The highest BCUT2D eigenvalue weighted by molar-refractivity contribution is 6.11. The van der Waals surface area contributed by atoms with Gasteiger partial charge in [-0.25, -0.2) is 0 Å². The minimum absolute atomic E-state index is 0.203. The molecular weight excluding hydrogens is 574 g/mol. The first-order valence-corrected chi connectivity index (χ1v) is 16.5. The highest BCUT2D eigenvalue weighted by Gasteiger charge is 2.42. The molecule has 4 aromatic carbocycles. The fourth-order valence-electron chi connectivity index (χ4n) is 7.94. The standard InChI is InChI=1S/C42H47N5/c1-26-28(3)45(24-43(26)9)32-18-19-39-37(23-32)42(8,36-16-13-15-35-34-14-11-12-17-38(34)47(39)40(35)36)31-20-30(41(5,6)7)21-33(22-31)46-25-44(10)27(2)29(46)4/h11-23H,24-25H2,1-10H3/i9D3,10D3. The summed E-state index contributed by atoms with van der Waals surface area (Å²) in [6, 6.07) is 28.6. The number of hydrogen-bond acceptors (Lipinski definition) is 4. The van der Waals surface area contributed by atoms with Crippen LogP contribution in [0, 0.1) is 0 Å². The molecule has 5 heteroatoms. The fraction of sp³-hybridized carbons (Fsp3) is 0.333. The number of rotatable bonds is 3. The maximum Gasteiger partial charge on any atom is 0.0943 e. The summed E-state index contributed by atoms with van der Waals surface area (Å²) in [6.45, 7) is 12.7. The number of para-hydroxylation sites is 2. The van der Waals surface area contributed by atoms with E-state index in [0.29, 0.717) is 0 Å². The second-order valence-corrected chi connectivity index (χ2v) is 14.7. The van der Waals surface area contributed by atoms with Crippen LogP contribution in [0.15, 0.2) is 102 Å². The maximum atomic E-state index is 8.26. The number of hydrogen-bond donors (Lipinski definition) is 0. The normalized spacial score (nSPS) is 22.1. The van der Waals surface area contributed by atoms with Crippen LogP contribution in [0.5, 0.6) is 0 Å². The monoisotopic (exact) mass is 627 g/mol. The molecular formula is C42H47N5. The van der Waals surface area contributed by atoms with Gasteiger partial charge in [0.2, 0.25) is 0 Å². The van der Waals surface area contributed by atoms with E-state index in [-0.39, 0.29) is 18.8 Å². The lowest BCUT2D eigenvalue weighted by Crippen LogP contribution is -2.33. The first-order chi connectivity index (χ1) is 24.7. The first kappa shape index (κ1) is 23.6. The highest BCUT2D eigenvalue weighted by atomic mass is 15.4. The van der Waals surface area contributed by atoms with Crippen LogP contribution >= 0.6 is 0 Å². The maximum absolute atomic E-state index is 8.26. The van der Waals surface area contributed by atoms with Crippen LogP contribution < -0.4 is 9.80 Å². The van der Waals surface area contributed by atoms with Crippen LogP contribution in [0.4, 0.5) is 11.4 Å². The second-order valence-electron chi connectivity index (χ2n) is 14.7. The second kappa shape index (κ2) is 9.93. The van der Waals surface area contributed by atoms with E-state index in [9.17, 15) is 0 Å². The molecule has 1 atom stereocenters. The van der Waals surface area contributed by atoms with E-state index in [0.717, 1.165) is 62.1 Å². The Morgan fingerprint density at radius 3 is 1.98 bits per heavy atom. The van der Waals surface area contributed by atoms with Gasteiger partial charge in [0, 0.05) is 72.5 Å². The number of aromatic nitrogens is 1. The van der Waals surface area contributed by atoms with Crippen LogP contribution in [0.25, 0.3) is 27.5 Å². The molecule has 0 saturated heterocycles. The van der Waals surface area contributed by atoms with Gasteiger partial charge in [-0.2, -0.15) is 0 Å². The Balaban J connectivity index is 1.42. The van der Waals surface area contributed by atoms with E-state index in [2.05, 4.69) is 121 Å². The summed E-state index contributed by atoms with van der Waals surface area (Å²) < 4.78 is 51.8. The molecule has 0 saturated carbocycles. The van der Waals surface area contributed by atoms with Crippen LogP contribution in [-0.4, -0.2) is 41.7 Å². The quantitative estimate of drug-likeness (QED) is 0.198. The van der Waals surface area contributed by atoms with E-state index in [1.165, 1.54) is 31.7 Å². The summed E-state index contributed by atoms with van der Waals surface area (Å²) in [5.74, 6) is 0. The zero-order chi connectivity index (χ0) is 38.2. The van der Waals surface area contributed by atoms with Gasteiger partial charge >= 0.3 is 0 Å². The summed E-state index contributed by atoms with van der Waals surface area (Å²) in [5.41, 5.74) is 12.3. The highest BCUT2D eigenvalue weighted by Crippen LogP contribution is 2.53. The Morgan fingerprint density at radius 2 is 1.32 bits per heavy atom. The van der Waals surface area contributed by atoms with Crippen molar-refractivity contribution >= 4 is 33.2 Å². The zero-order valence-corrected chi connectivity index (χ0v) is 28.7. The molecule has 0 spiro atoms. The lowest BCUT2D eigenvalue weighted by atomic mass is 9.67. The molecule has 0 radical (unpaired) electrons. The minimum atomic E-state index is -2.26. The van der Waals surface area contributed by atoms with Crippen molar-refractivity contribution in [3.63, 3.8) is 0 Å². The van der Waals surface area contributed by atoms with E-state index in [1.807, 2.05) is 27.7 Å². The topological polar surface area (TPSA) is 17.9 Å². The van der Waals surface area contributed by atoms with Gasteiger partial charge in [0.1, 0.15) is 0 Å². The molecule has 240 valence electrons. The molecule has 1 unspecified atom stereocenters. The Morgan fingerprint density at radius 1 is 0.660 bits per heavy atom. The van der Waals surface area contributed by atoms with E-state index >= 15 is 0 Å². The lowest BCUT2D eigenvalue weighted by Gasteiger charge is -2.40. The van der Waals surface area contributed by atoms with E-state index in [4.69, 9.17) is 8.22 Å². The number of benzene rings is 4. The predicted molar refractivity (Wildman–Crippen MR) is 198 cm³/mol. The van der Waals surface area contributed by atoms with Gasteiger partial charge in [0.25, 0.3) is 0 Å². The molecule has 5 aromatic rings. The van der Waals surface area contributed by atoms with Crippen molar-refractivity contribution in [1.29, 1.82) is 0 Å². The number of fused-ring (bicyclic) bond motifs is 5.